The summed E-state index contributed by atoms with van der Waals surface area (Å²) in [5, 5.41) is 8.25. The summed E-state index contributed by atoms with van der Waals surface area (Å²) in [6, 6.07) is 18.9. The van der Waals surface area contributed by atoms with Crippen molar-refractivity contribution in [2.75, 3.05) is 0 Å². The zero-order valence-electron chi connectivity index (χ0n) is 17.5. The molecule has 7 heteroatoms. The summed E-state index contributed by atoms with van der Waals surface area (Å²) in [6.07, 6.45) is 6.78. The molecule has 32 heavy (non-hydrogen) atoms. The molecule has 0 spiro atoms. The second-order valence-electron chi connectivity index (χ2n) is 7.52. The summed E-state index contributed by atoms with van der Waals surface area (Å²) in [6.45, 7) is 2.36. The quantitative estimate of drug-likeness (QED) is 0.430. The summed E-state index contributed by atoms with van der Waals surface area (Å²) in [4.78, 5) is 22.3. The third-order valence-corrected chi connectivity index (χ3v) is 5.34. The van der Waals surface area contributed by atoms with E-state index in [4.69, 9.17) is 9.40 Å². The first-order chi connectivity index (χ1) is 15.7. The van der Waals surface area contributed by atoms with Gasteiger partial charge >= 0.3 is 0 Å². The first-order valence-corrected chi connectivity index (χ1v) is 10.3. The molecule has 158 valence electrons. The van der Waals surface area contributed by atoms with Crippen LogP contribution >= 0.6 is 0 Å². The Hall–Kier alpha value is -4.26. The predicted molar refractivity (Wildman–Crippen MR) is 121 cm³/mol. The molecule has 5 rings (SSSR count). The second-order valence-corrected chi connectivity index (χ2v) is 7.52. The van der Waals surface area contributed by atoms with Gasteiger partial charge in [0.25, 0.3) is 5.91 Å². The Morgan fingerprint density at radius 1 is 1.09 bits per heavy atom. The highest BCUT2D eigenvalue weighted by atomic mass is 16.3. The highest BCUT2D eigenvalue weighted by molar-refractivity contribution is 6.06. The van der Waals surface area contributed by atoms with Crippen LogP contribution in [-0.4, -0.2) is 25.7 Å². The smallest absolute Gasteiger partial charge is 0.252 e. The molecular formula is C25H21N5O2. The average molecular weight is 423 g/mol. The van der Waals surface area contributed by atoms with Crippen LogP contribution in [0.4, 0.5) is 0 Å². The maximum absolute atomic E-state index is 13.3. The highest BCUT2D eigenvalue weighted by Crippen LogP contribution is 2.26. The second kappa shape index (κ2) is 8.47. The molecule has 5 aromatic rings. The number of amides is 1. The molecule has 7 nitrogen and oxygen atoms in total. The molecule has 4 aromatic heterocycles. The first kappa shape index (κ1) is 19.7. The maximum atomic E-state index is 13.3. The van der Waals surface area contributed by atoms with Crippen LogP contribution < -0.4 is 5.32 Å². The van der Waals surface area contributed by atoms with Crippen LogP contribution in [0.3, 0.4) is 0 Å². The van der Waals surface area contributed by atoms with Crippen molar-refractivity contribution in [2.24, 2.45) is 0 Å². The number of aromatic nitrogens is 4. The third kappa shape index (κ3) is 3.88. The fourth-order valence-electron chi connectivity index (χ4n) is 3.65. The number of furan rings is 1. The van der Waals surface area contributed by atoms with Gasteiger partial charge in [-0.2, -0.15) is 5.10 Å². The fraction of sp³-hybridized carbons (Fsp3) is 0.120. The standard InChI is InChI=1S/C25H21N5O2/c1-17(19-9-5-11-26-14-19)28-25(31)21-13-23(18-7-3-2-4-8-18)29-24-22(21)15-27-30(24)16-20-10-6-12-32-20/h2-15,17H,16H2,1H3,(H,28,31). The lowest BCUT2D eigenvalue weighted by molar-refractivity contribution is 0.0941. The minimum absolute atomic E-state index is 0.191. The number of pyridine rings is 2. The van der Waals surface area contributed by atoms with Crippen LogP contribution in [0.2, 0.25) is 0 Å². The van der Waals surface area contributed by atoms with Crippen molar-refractivity contribution < 1.29 is 9.21 Å². The number of nitrogens with zero attached hydrogens (tertiary/aromatic N) is 4. The summed E-state index contributed by atoms with van der Waals surface area (Å²) < 4.78 is 7.23. The molecule has 4 heterocycles. The number of nitrogens with one attached hydrogen (secondary N) is 1. The van der Waals surface area contributed by atoms with Gasteiger partial charge in [-0.25, -0.2) is 9.67 Å². The molecule has 1 atom stereocenters. The monoisotopic (exact) mass is 423 g/mol. The number of benzene rings is 1. The van der Waals surface area contributed by atoms with Gasteiger partial charge in [0.15, 0.2) is 5.65 Å². The minimum Gasteiger partial charge on any atom is -0.467 e. The summed E-state index contributed by atoms with van der Waals surface area (Å²) in [7, 11) is 0. The summed E-state index contributed by atoms with van der Waals surface area (Å²) in [5.74, 6) is 0.571. The van der Waals surface area contributed by atoms with Crippen molar-refractivity contribution in [3.63, 3.8) is 0 Å². The molecule has 0 radical (unpaired) electrons. The molecular weight excluding hydrogens is 402 g/mol. The van der Waals surface area contributed by atoms with E-state index in [1.807, 2.05) is 67.6 Å². The molecule has 1 unspecified atom stereocenters. The lowest BCUT2D eigenvalue weighted by Crippen LogP contribution is -2.27. The van der Waals surface area contributed by atoms with E-state index in [0.29, 0.717) is 28.8 Å². The van der Waals surface area contributed by atoms with E-state index in [2.05, 4.69) is 15.4 Å². The maximum Gasteiger partial charge on any atom is 0.252 e. The first-order valence-electron chi connectivity index (χ1n) is 10.3. The van der Waals surface area contributed by atoms with Gasteiger partial charge in [0.1, 0.15) is 12.3 Å². The Bertz CT molecular complexity index is 1350. The normalized spacial score (nSPS) is 12.0. The predicted octanol–water partition coefficient (Wildman–Crippen LogP) is 4.63. The van der Waals surface area contributed by atoms with Gasteiger partial charge < -0.3 is 9.73 Å². The van der Waals surface area contributed by atoms with Gasteiger partial charge in [-0.3, -0.25) is 9.78 Å². The Morgan fingerprint density at radius 2 is 1.97 bits per heavy atom. The van der Waals surface area contributed by atoms with Crippen LogP contribution in [0.5, 0.6) is 0 Å². The lowest BCUT2D eigenvalue weighted by atomic mass is 10.1. The van der Waals surface area contributed by atoms with Crippen LogP contribution in [0, 0.1) is 0 Å². The van der Waals surface area contributed by atoms with E-state index in [1.165, 1.54) is 0 Å². The fourth-order valence-corrected chi connectivity index (χ4v) is 3.65. The van der Waals surface area contributed by atoms with Gasteiger partial charge in [-0.1, -0.05) is 36.4 Å². The van der Waals surface area contributed by atoms with Crippen molar-refractivity contribution in [3.05, 3.63) is 102 Å². The number of carbonyl (C=O) groups is 1. The van der Waals surface area contributed by atoms with Crippen LogP contribution in [-0.2, 0) is 6.54 Å². The van der Waals surface area contributed by atoms with Crippen molar-refractivity contribution in [1.29, 1.82) is 0 Å². The van der Waals surface area contributed by atoms with Gasteiger partial charge in [-0.05, 0) is 36.8 Å². The zero-order chi connectivity index (χ0) is 21.9. The molecule has 1 aromatic carbocycles. The van der Waals surface area contributed by atoms with E-state index in [9.17, 15) is 4.79 Å². The zero-order valence-corrected chi connectivity index (χ0v) is 17.5. The number of rotatable bonds is 6. The van der Waals surface area contributed by atoms with Gasteiger partial charge in [-0.15, -0.1) is 0 Å². The van der Waals surface area contributed by atoms with E-state index in [0.717, 1.165) is 16.9 Å². The average Bonchev–Trinajstić information content (AvgIpc) is 3.50. The lowest BCUT2D eigenvalue weighted by Gasteiger charge is -2.15. The van der Waals surface area contributed by atoms with Crippen LogP contribution in [0.25, 0.3) is 22.3 Å². The molecule has 1 N–H and O–H groups in total. The third-order valence-electron chi connectivity index (χ3n) is 5.34. The summed E-state index contributed by atoms with van der Waals surface area (Å²) >= 11 is 0. The highest BCUT2D eigenvalue weighted by Gasteiger charge is 2.20. The van der Waals surface area contributed by atoms with Crippen molar-refractivity contribution >= 4 is 16.9 Å². The molecule has 0 bridgehead atoms. The molecule has 0 saturated carbocycles. The van der Waals surface area contributed by atoms with Gasteiger partial charge in [0.2, 0.25) is 0 Å². The Labute approximate surface area is 184 Å². The minimum atomic E-state index is -0.197. The molecule has 0 fully saturated rings. The Morgan fingerprint density at radius 3 is 2.72 bits per heavy atom. The number of hydrogen-bond donors (Lipinski definition) is 1. The van der Waals surface area contributed by atoms with Crippen molar-refractivity contribution in [1.82, 2.24) is 25.1 Å². The topological polar surface area (TPSA) is 85.8 Å². The Kier molecular flexibility index (Phi) is 5.21. The van der Waals surface area contributed by atoms with Crippen LogP contribution in [0.1, 0.15) is 34.6 Å². The van der Waals surface area contributed by atoms with E-state index < -0.39 is 0 Å². The van der Waals surface area contributed by atoms with E-state index >= 15 is 0 Å². The molecule has 1 amide bonds. The van der Waals surface area contributed by atoms with Gasteiger partial charge in [0, 0.05) is 18.0 Å². The summed E-state index contributed by atoms with van der Waals surface area (Å²) in [5.41, 5.74) is 3.72. The number of carbonyl (C=O) groups excluding carboxylic acids is 1. The molecule has 0 aliphatic heterocycles. The molecule has 0 saturated heterocycles. The largest absolute Gasteiger partial charge is 0.467 e. The van der Waals surface area contributed by atoms with Crippen molar-refractivity contribution in [3.8, 4) is 11.3 Å². The van der Waals surface area contributed by atoms with Gasteiger partial charge in [0.05, 0.1) is 35.1 Å². The van der Waals surface area contributed by atoms with E-state index in [1.54, 1.807) is 29.5 Å². The van der Waals surface area contributed by atoms with Crippen LogP contribution in [0.15, 0.2) is 89.9 Å². The SMILES string of the molecule is CC(NC(=O)c1cc(-c2ccccc2)nc2c1cnn2Cc1ccco1)c1cccnc1. The number of fused-ring (bicyclic) bond motifs is 1. The molecule has 0 aliphatic rings. The molecule has 0 aliphatic carbocycles. The number of hydrogen-bond acceptors (Lipinski definition) is 5. The van der Waals surface area contributed by atoms with Crippen molar-refractivity contribution in [2.45, 2.75) is 19.5 Å². The Balaban J connectivity index is 1.57. The van der Waals surface area contributed by atoms with E-state index in [-0.39, 0.29) is 11.9 Å².